The molecule has 0 amide bonds. The summed E-state index contributed by atoms with van der Waals surface area (Å²) in [6, 6.07) is 0. The van der Waals surface area contributed by atoms with Crippen LogP contribution in [0.3, 0.4) is 0 Å². The average Bonchev–Trinajstić information content (AvgIpc) is 2.11. The van der Waals surface area contributed by atoms with E-state index in [0.29, 0.717) is 0 Å². The monoisotopic (exact) mass is 256 g/mol. The molecular formula is C8H18O5P2+2. The summed E-state index contributed by atoms with van der Waals surface area (Å²) in [5, 5.41) is 0. The molecule has 0 aromatic carbocycles. The Morgan fingerprint density at radius 1 is 1.20 bits per heavy atom. The van der Waals surface area contributed by atoms with E-state index in [2.05, 4.69) is 17.8 Å². The molecule has 0 aromatic rings. The van der Waals surface area contributed by atoms with E-state index in [1.54, 1.807) is 0 Å². The van der Waals surface area contributed by atoms with Crippen LogP contribution in [0, 0.1) is 0 Å². The Morgan fingerprint density at radius 3 is 2.00 bits per heavy atom. The molecule has 5 nitrogen and oxygen atoms in total. The Labute approximate surface area is 92.1 Å². The fourth-order valence-electron chi connectivity index (χ4n) is 0.775. The van der Waals surface area contributed by atoms with Gasteiger partial charge in [0, 0.05) is 9.13 Å². The maximum atomic E-state index is 9.39. The summed E-state index contributed by atoms with van der Waals surface area (Å²) >= 11 is 0. The van der Waals surface area contributed by atoms with Crippen LogP contribution >= 0.6 is 16.5 Å². The number of unbranched alkanes of at least 4 members (excludes halogenated alkanes) is 4. The Balaban J connectivity index is 0. The molecule has 2 atom stereocenters. The van der Waals surface area contributed by atoms with Crippen LogP contribution in [0.4, 0.5) is 0 Å². The lowest BCUT2D eigenvalue weighted by atomic mass is 10.2. The summed E-state index contributed by atoms with van der Waals surface area (Å²) < 4.78 is 22.2. The molecule has 0 heterocycles. The minimum absolute atomic E-state index is 1.19. The molecular weight excluding hydrogens is 238 g/mol. The predicted molar refractivity (Wildman–Crippen MR) is 59.7 cm³/mol. The number of allylic oxidation sites excluding steroid dienone is 1. The van der Waals surface area contributed by atoms with E-state index in [9.17, 15) is 9.13 Å². The van der Waals surface area contributed by atoms with Crippen LogP contribution in [-0.4, -0.2) is 9.79 Å². The first-order chi connectivity index (χ1) is 7.04. The van der Waals surface area contributed by atoms with Gasteiger partial charge in [-0.25, -0.2) is 0 Å². The van der Waals surface area contributed by atoms with Gasteiger partial charge < -0.3 is 0 Å². The molecule has 0 saturated heterocycles. The molecule has 0 fully saturated rings. The molecule has 0 rings (SSSR count). The minimum atomic E-state index is -2.92. The van der Waals surface area contributed by atoms with Gasteiger partial charge in [-0.2, -0.15) is 0 Å². The molecule has 2 N–H and O–H groups in total. The third-order valence-corrected chi connectivity index (χ3v) is 2.52. The highest BCUT2D eigenvalue weighted by Gasteiger charge is 2.31. The van der Waals surface area contributed by atoms with Crippen molar-refractivity contribution < 1.29 is 23.2 Å². The third-order valence-electron chi connectivity index (χ3n) is 1.40. The third kappa shape index (κ3) is 24.8. The van der Waals surface area contributed by atoms with Crippen LogP contribution in [0.2, 0.25) is 0 Å². The van der Waals surface area contributed by atoms with Gasteiger partial charge in [0.25, 0.3) is 0 Å². The van der Waals surface area contributed by atoms with Crippen molar-refractivity contribution in [2.45, 2.75) is 39.0 Å². The normalized spacial score (nSPS) is 11.1. The summed E-state index contributed by atoms with van der Waals surface area (Å²) in [7, 11) is -5.85. The highest BCUT2D eigenvalue weighted by Crippen LogP contribution is 2.30. The first kappa shape index (κ1) is 17.2. The molecule has 0 aliphatic rings. The molecule has 0 aliphatic heterocycles. The largest absolute Gasteiger partial charge is 0.745 e. The van der Waals surface area contributed by atoms with Crippen LogP contribution < -0.4 is 0 Å². The molecule has 0 spiro atoms. The smallest absolute Gasteiger partial charge is 0.131 e. The van der Waals surface area contributed by atoms with Crippen LogP contribution in [0.25, 0.3) is 0 Å². The van der Waals surface area contributed by atoms with Crippen molar-refractivity contribution in [3.63, 3.8) is 0 Å². The zero-order valence-electron chi connectivity index (χ0n) is 8.83. The first-order valence-electron chi connectivity index (χ1n) is 4.65. The van der Waals surface area contributed by atoms with E-state index in [1.807, 2.05) is 6.08 Å². The van der Waals surface area contributed by atoms with Crippen LogP contribution in [0.15, 0.2) is 12.7 Å². The summed E-state index contributed by atoms with van der Waals surface area (Å²) in [6.07, 6.45) is 8.61. The highest BCUT2D eigenvalue weighted by molar-refractivity contribution is 7.46. The number of hydrogen-bond acceptors (Lipinski definition) is 3. The fourth-order valence-corrected chi connectivity index (χ4v) is 1.25. The quantitative estimate of drug-likeness (QED) is 0.414. The standard InChI is InChI=1S/C8H16.O5P2/c1-3-5-7-8-6-4-2;1-6(2)5-7(3)4/h3H,1,4-8H2,2H3;/p+2. The number of rotatable bonds is 7. The first-order valence-corrected chi connectivity index (χ1v) is 6.91. The second kappa shape index (κ2) is 13.8. The van der Waals surface area contributed by atoms with Crippen LogP contribution in [0.5, 0.6) is 0 Å². The fraction of sp³-hybridized carbons (Fsp3) is 0.750. The van der Waals surface area contributed by atoms with Gasteiger partial charge in [0.2, 0.25) is 0 Å². The lowest BCUT2D eigenvalue weighted by Crippen LogP contribution is -1.71. The number of hydrogen-bond donors (Lipinski definition) is 2. The van der Waals surface area contributed by atoms with E-state index >= 15 is 0 Å². The maximum Gasteiger partial charge on any atom is 0.745 e. The molecule has 0 bridgehead atoms. The topological polar surface area (TPSA) is 83.8 Å². The second-order valence-corrected chi connectivity index (χ2v) is 4.30. The van der Waals surface area contributed by atoms with Crippen LogP contribution in [0.1, 0.15) is 39.0 Å². The molecule has 88 valence electrons. The Hall–Kier alpha value is -0.180. The highest BCUT2D eigenvalue weighted by atomic mass is 31.2. The molecule has 15 heavy (non-hydrogen) atoms. The van der Waals surface area contributed by atoms with Crippen molar-refractivity contribution in [2.24, 2.45) is 0 Å². The van der Waals surface area contributed by atoms with E-state index in [-0.39, 0.29) is 0 Å². The zero-order valence-corrected chi connectivity index (χ0v) is 10.6. The molecule has 0 radical (unpaired) electrons. The zero-order chi connectivity index (χ0) is 12.1. The SMILES string of the molecule is C=CCCCCCC.O=[P+](O)O[P+](=O)O. The molecule has 0 saturated carbocycles. The van der Waals surface area contributed by atoms with Crippen molar-refractivity contribution in [1.29, 1.82) is 0 Å². The lowest BCUT2D eigenvalue weighted by molar-refractivity contribution is 0.371. The van der Waals surface area contributed by atoms with Crippen molar-refractivity contribution in [2.75, 3.05) is 0 Å². The summed E-state index contributed by atoms with van der Waals surface area (Å²) in [6.45, 7) is 5.89. The van der Waals surface area contributed by atoms with Crippen molar-refractivity contribution in [1.82, 2.24) is 0 Å². The van der Waals surface area contributed by atoms with E-state index in [1.165, 1.54) is 32.1 Å². The molecule has 0 aromatic heterocycles. The van der Waals surface area contributed by atoms with Gasteiger partial charge in [-0.3, -0.25) is 0 Å². The van der Waals surface area contributed by atoms with Gasteiger partial charge in [-0.05, 0) is 12.8 Å². The van der Waals surface area contributed by atoms with Gasteiger partial charge in [-0.15, -0.1) is 16.4 Å². The van der Waals surface area contributed by atoms with E-state index < -0.39 is 16.5 Å². The summed E-state index contributed by atoms with van der Waals surface area (Å²) in [5.74, 6) is 0. The minimum Gasteiger partial charge on any atom is -0.131 e. The van der Waals surface area contributed by atoms with Crippen molar-refractivity contribution in [3.05, 3.63) is 12.7 Å². The van der Waals surface area contributed by atoms with Crippen molar-refractivity contribution in [3.8, 4) is 0 Å². The van der Waals surface area contributed by atoms with Crippen LogP contribution in [-0.2, 0) is 13.4 Å². The predicted octanol–water partition coefficient (Wildman–Crippen LogP) is 3.45. The summed E-state index contributed by atoms with van der Waals surface area (Å²) in [5.41, 5.74) is 0. The maximum absolute atomic E-state index is 9.39. The Kier molecular flexibility index (Phi) is 15.9. The lowest BCUT2D eigenvalue weighted by Gasteiger charge is -1.91. The van der Waals surface area contributed by atoms with Gasteiger partial charge in [0.15, 0.2) is 4.31 Å². The van der Waals surface area contributed by atoms with E-state index in [0.717, 1.165) is 0 Å². The van der Waals surface area contributed by atoms with Gasteiger partial charge in [0.1, 0.15) is 0 Å². The van der Waals surface area contributed by atoms with Gasteiger partial charge in [-0.1, -0.05) is 32.3 Å². The van der Waals surface area contributed by atoms with Crippen molar-refractivity contribution >= 4 is 16.5 Å². The molecule has 2 unspecified atom stereocenters. The van der Waals surface area contributed by atoms with Gasteiger partial charge in [0.05, 0.1) is 0 Å². The van der Waals surface area contributed by atoms with E-state index in [4.69, 9.17) is 9.79 Å². The molecule has 7 heteroatoms. The average molecular weight is 256 g/mol. The summed E-state index contributed by atoms with van der Waals surface area (Å²) in [4.78, 5) is 15.3. The Bertz CT molecular complexity index is 183. The molecule has 0 aliphatic carbocycles. The van der Waals surface area contributed by atoms with Gasteiger partial charge >= 0.3 is 16.5 Å². The second-order valence-electron chi connectivity index (χ2n) is 2.70. The Morgan fingerprint density at radius 2 is 1.73 bits per heavy atom.